The molecule has 17 heavy (non-hydrogen) atoms. The second-order valence-electron chi connectivity index (χ2n) is 4.46. The maximum absolute atomic E-state index is 13.0. The first-order valence-corrected chi connectivity index (χ1v) is 6.51. The number of allylic oxidation sites excluding steroid dienone is 3. The Morgan fingerprint density at radius 1 is 1.29 bits per heavy atom. The normalized spacial score (nSPS) is 34.6. The van der Waals surface area contributed by atoms with E-state index in [-0.39, 0.29) is 6.10 Å². The van der Waals surface area contributed by atoms with Crippen LogP contribution in [-0.2, 0) is 4.74 Å². The van der Waals surface area contributed by atoms with Gasteiger partial charge in [-0.3, -0.25) is 0 Å². The molecule has 0 spiro atoms. The number of rotatable bonds is 1. The molecular weight excluding hydrogens is 297 g/mol. The average Bonchev–Trinajstić information content (AvgIpc) is 2.29. The summed E-state index contributed by atoms with van der Waals surface area (Å²) in [6.07, 6.45) is 2.64. The van der Waals surface area contributed by atoms with Crippen LogP contribution in [0.15, 0.2) is 22.7 Å². The van der Waals surface area contributed by atoms with Gasteiger partial charge in [0.15, 0.2) is 0 Å². The summed E-state index contributed by atoms with van der Waals surface area (Å²) in [7, 11) is 0. The molecule has 0 amide bonds. The Kier molecular flexibility index (Phi) is 3.98. The van der Waals surface area contributed by atoms with Gasteiger partial charge in [-0.2, -0.15) is 13.2 Å². The molecule has 3 unspecified atom stereocenters. The summed E-state index contributed by atoms with van der Waals surface area (Å²) in [5.74, 6) is -2.03. The van der Waals surface area contributed by atoms with Crippen LogP contribution in [-0.4, -0.2) is 18.9 Å². The van der Waals surface area contributed by atoms with E-state index < -0.39 is 18.0 Å². The fourth-order valence-corrected chi connectivity index (χ4v) is 2.84. The largest absolute Gasteiger partial charge is 0.395 e. The van der Waals surface area contributed by atoms with Crippen LogP contribution < -0.4 is 0 Å². The van der Waals surface area contributed by atoms with Gasteiger partial charge in [0.2, 0.25) is 0 Å². The van der Waals surface area contributed by atoms with Crippen molar-refractivity contribution >= 4 is 15.9 Å². The van der Waals surface area contributed by atoms with Gasteiger partial charge in [-0.05, 0) is 19.3 Å². The highest BCUT2D eigenvalue weighted by Gasteiger charge is 2.46. The third-order valence-corrected chi connectivity index (χ3v) is 3.78. The summed E-state index contributed by atoms with van der Waals surface area (Å²) in [6, 6.07) is 0. The van der Waals surface area contributed by atoms with Crippen LogP contribution in [0.2, 0.25) is 0 Å². The van der Waals surface area contributed by atoms with Gasteiger partial charge in [0.05, 0.1) is 12.0 Å². The van der Waals surface area contributed by atoms with Crippen molar-refractivity contribution in [1.82, 2.24) is 0 Å². The SMILES string of the molecule is FC(F)(F)C1C=C(Br)C=CC1C1CCCCO1. The van der Waals surface area contributed by atoms with Crippen molar-refractivity contribution in [2.75, 3.05) is 6.61 Å². The Morgan fingerprint density at radius 2 is 2.06 bits per heavy atom. The summed E-state index contributed by atoms with van der Waals surface area (Å²) in [4.78, 5) is 0. The molecule has 0 aromatic rings. The minimum absolute atomic E-state index is 0.302. The minimum atomic E-state index is -4.21. The molecule has 5 heteroatoms. The van der Waals surface area contributed by atoms with E-state index in [4.69, 9.17) is 4.74 Å². The molecule has 0 aromatic heterocycles. The first-order chi connectivity index (χ1) is 7.98. The van der Waals surface area contributed by atoms with Crippen LogP contribution in [0, 0.1) is 11.8 Å². The summed E-state index contributed by atoms with van der Waals surface area (Å²) < 4.78 is 44.9. The van der Waals surface area contributed by atoms with Crippen LogP contribution in [0.3, 0.4) is 0 Å². The number of halogens is 4. The third kappa shape index (κ3) is 3.13. The quantitative estimate of drug-likeness (QED) is 0.705. The van der Waals surface area contributed by atoms with E-state index >= 15 is 0 Å². The van der Waals surface area contributed by atoms with Crippen molar-refractivity contribution in [3.8, 4) is 0 Å². The summed E-state index contributed by atoms with van der Waals surface area (Å²) in [6.45, 7) is 0.574. The highest BCUT2D eigenvalue weighted by molar-refractivity contribution is 9.11. The lowest BCUT2D eigenvalue weighted by atomic mass is 9.81. The molecule has 0 bridgehead atoms. The summed E-state index contributed by atoms with van der Waals surface area (Å²) in [5, 5.41) is 0. The van der Waals surface area contributed by atoms with E-state index in [1.807, 2.05) is 0 Å². The van der Waals surface area contributed by atoms with Gasteiger partial charge in [0, 0.05) is 17.0 Å². The maximum Gasteiger partial charge on any atom is 0.395 e. The van der Waals surface area contributed by atoms with Crippen LogP contribution in [0.5, 0.6) is 0 Å². The summed E-state index contributed by atoms with van der Waals surface area (Å²) in [5.41, 5.74) is 0. The zero-order chi connectivity index (χ0) is 12.5. The molecule has 1 fully saturated rings. The minimum Gasteiger partial charge on any atom is -0.378 e. The van der Waals surface area contributed by atoms with Crippen molar-refractivity contribution in [1.29, 1.82) is 0 Å². The Morgan fingerprint density at radius 3 is 2.65 bits per heavy atom. The van der Waals surface area contributed by atoms with Gasteiger partial charge in [-0.1, -0.05) is 34.2 Å². The number of hydrogen-bond acceptors (Lipinski definition) is 1. The zero-order valence-electron chi connectivity index (χ0n) is 9.21. The highest BCUT2D eigenvalue weighted by Crippen LogP contribution is 2.41. The van der Waals surface area contributed by atoms with Gasteiger partial charge < -0.3 is 4.74 Å². The topological polar surface area (TPSA) is 9.23 Å². The molecule has 2 rings (SSSR count). The van der Waals surface area contributed by atoms with Crippen molar-refractivity contribution < 1.29 is 17.9 Å². The van der Waals surface area contributed by atoms with E-state index in [0.717, 1.165) is 12.8 Å². The second kappa shape index (κ2) is 5.14. The van der Waals surface area contributed by atoms with Crippen molar-refractivity contribution in [2.24, 2.45) is 11.8 Å². The lowest BCUT2D eigenvalue weighted by molar-refractivity contribution is -0.183. The first kappa shape index (κ1) is 13.1. The van der Waals surface area contributed by atoms with Crippen molar-refractivity contribution in [3.63, 3.8) is 0 Å². The van der Waals surface area contributed by atoms with Crippen LogP contribution in [0.1, 0.15) is 19.3 Å². The van der Waals surface area contributed by atoms with Crippen molar-refractivity contribution in [3.05, 3.63) is 22.7 Å². The molecule has 3 atom stereocenters. The predicted octanol–water partition coefficient (Wildman–Crippen LogP) is 4.20. The zero-order valence-corrected chi connectivity index (χ0v) is 10.8. The highest BCUT2D eigenvalue weighted by atomic mass is 79.9. The molecule has 1 aliphatic carbocycles. The molecule has 1 saturated heterocycles. The van der Waals surface area contributed by atoms with E-state index in [1.165, 1.54) is 6.08 Å². The first-order valence-electron chi connectivity index (χ1n) is 5.72. The summed E-state index contributed by atoms with van der Waals surface area (Å²) >= 11 is 3.11. The molecule has 0 radical (unpaired) electrons. The molecule has 1 heterocycles. The van der Waals surface area contributed by atoms with E-state index in [9.17, 15) is 13.2 Å². The van der Waals surface area contributed by atoms with Gasteiger partial charge >= 0.3 is 6.18 Å². The fourth-order valence-electron chi connectivity index (χ4n) is 2.40. The van der Waals surface area contributed by atoms with E-state index in [1.54, 1.807) is 12.2 Å². The Bertz CT molecular complexity index is 329. The average molecular weight is 311 g/mol. The molecule has 0 saturated carbocycles. The van der Waals surface area contributed by atoms with Gasteiger partial charge in [0.1, 0.15) is 0 Å². The molecule has 0 aromatic carbocycles. The monoisotopic (exact) mass is 310 g/mol. The number of ether oxygens (including phenoxy) is 1. The van der Waals surface area contributed by atoms with Crippen molar-refractivity contribution in [2.45, 2.75) is 31.5 Å². The molecule has 0 N–H and O–H groups in total. The predicted molar refractivity (Wildman–Crippen MR) is 62.8 cm³/mol. The molecule has 1 aliphatic heterocycles. The van der Waals surface area contributed by atoms with Crippen LogP contribution in [0.25, 0.3) is 0 Å². The molecule has 2 aliphatic rings. The van der Waals surface area contributed by atoms with Crippen LogP contribution in [0.4, 0.5) is 13.2 Å². The lowest BCUT2D eigenvalue weighted by Gasteiger charge is -2.35. The fraction of sp³-hybridized carbons (Fsp3) is 0.667. The Labute approximate surface area is 107 Å². The van der Waals surface area contributed by atoms with Gasteiger partial charge in [-0.25, -0.2) is 0 Å². The molecule has 96 valence electrons. The smallest absolute Gasteiger partial charge is 0.378 e. The lowest BCUT2D eigenvalue weighted by Crippen LogP contribution is -2.38. The van der Waals surface area contributed by atoms with E-state index in [0.29, 0.717) is 17.5 Å². The maximum atomic E-state index is 13.0. The number of hydrogen-bond donors (Lipinski definition) is 0. The standard InChI is InChI=1S/C12H14BrF3O/c13-8-4-5-9(10(7-8)12(14,15)16)11-3-1-2-6-17-11/h4-5,7,9-11H,1-3,6H2. The number of alkyl halides is 3. The van der Waals surface area contributed by atoms with Gasteiger partial charge in [0.25, 0.3) is 0 Å². The molecule has 1 nitrogen and oxygen atoms in total. The van der Waals surface area contributed by atoms with E-state index in [2.05, 4.69) is 15.9 Å². The van der Waals surface area contributed by atoms with Crippen LogP contribution >= 0.6 is 15.9 Å². The second-order valence-corrected chi connectivity index (χ2v) is 5.38. The Balaban J connectivity index is 2.17. The third-order valence-electron chi connectivity index (χ3n) is 3.25. The van der Waals surface area contributed by atoms with Gasteiger partial charge in [-0.15, -0.1) is 0 Å². The molecular formula is C12H14BrF3O. The Hall–Kier alpha value is -0.290.